The molecule has 0 aliphatic heterocycles. The van der Waals surface area contributed by atoms with Crippen LogP contribution < -0.4 is 0 Å². The molecule has 0 unspecified atom stereocenters. The molecule has 1 aromatic heterocycles. The first kappa shape index (κ1) is 10.3. The lowest BCUT2D eigenvalue weighted by Crippen LogP contribution is -2.08. The molecule has 1 heterocycles. The Kier molecular flexibility index (Phi) is 3.96. The maximum atomic E-state index is 5.46. The van der Waals surface area contributed by atoms with Gasteiger partial charge in [0.2, 0.25) is 0 Å². The second kappa shape index (κ2) is 5.02. The number of hydrogen-bond acceptors (Lipinski definition) is 2. The van der Waals surface area contributed by atoms with E-state index in [1.165, 1.54) is 0 Å². The average Bonchev–Trinajstić information content (AvgIpc) is 2.53. The van der Waals surface area contributed by atoms with Crippen molar-refractivity contribution in [2.75, 3.05) is 6.61 Å². The lowest BCUT2D eigenvalue weighted by atomic mass is 10.3. The van der Waals surface area contributed by atoms with Gasteiger partial charge in [0, 0.05) is 18.8 Å². The summed E-state index contributed by atoms with van der Waals surface area (Å²) in [7, 11) is 0. The first-order chi connectivity index (χ1) is 6.25. The Morgan fingerprint density at radius 3 is 2.92 bits per heavy atom. The Labute approximate surface area is 79.7 Å². The maximum absolute atomic E-state index is 5.46. The van der Waals surface area contributed by atoms with Crippen molar-refractivity contribution in [2.24, 2.45) is 0 Å². The summed E-state index contributed by atoms with van der Waals surface area (Å²) in [5.74, 6) is 0. The summed E-state index contributed by atoms with van der Waals surface area (Å²) in [6.07, 6.45) is 2.89. The minimum absolute atomic E-state index is 0.412. The zero-order valence-corrected chi connectivity index (χ0v) is 8.66. The summed E-state index contributed by atoms with van der Waals surface area (Å²) >= 11 is 0. The fourth-order valence-corrected chi connectivity index (χ4v) is 1.24. The van der Waals surface area contributed by atoms with Crippen molar-refractivity contribution in [1.82, 2.24) is 9.78 Å². The number of nitrogens with zero attached hydrogens (tertiary/aromatic N) is 2. The van der Waals surface area contributed by atoms with Crippen LogP contribution in [0.3, 0.4) is 0 Å². The van der Waals surface area contributed by atoms with Gasteiger partial charge in [0.1, 0.15) is 0 Å². The van der Waals surface area contributed by atoms with Crippen LogP contribution >= 0.6 is 0 Å². The van der Waals surface area contributed by atoms with Crippen molar-refractivity contribution in [3.63, 3.8) is 0 Å². The molecule has 0 N–H and O–H groups in total. The van der Waals surface area contributed by atoms with E-state index in [0.717, 1.165) is 18.7 Å². The largest absolute Gasteiger partial charge is 0.375 e. The number of aromatic nitrogens is 2. The van der Waals surface area contributed by atoms with Gasteiger partial charge >= 0.3 is 0 Å². The Balaban J connectivity index is 2.50. The first-order valence-corrected chi connectivity index (χ1v) is 4.85. The topological polar surface area (TPSA) is 27.1 Å². The molecule has 0 amide bonds. The van der Waals surface area contributed by atoms with Crippen LogP contribution in [-0.2, 0) is 11.3 Å². The van der Waals surface area contributed by atoms with Crippen LogP contribution in [0.15, 0.2) is 12.3 Å². The van der Waals surface area contributed by atoms with E-state index in [-0.39, 0.29) is 0 Å². The summed E-state index contributed by atoms with van der Waals surface area (Å²) in [6.45, 7) is 7.85. The van der Waals surface area contributed by atoms with E-state index in [2.05, 4.69) is 25.9 Å². The number of hydrogen-bond donors (Lipinski definition) is 0. The molecule has 0 bridgehead atoms. The van der Waals surface area contributed by atoms with Crippen LogP contribution in [-0.4, -0.2) is 16.4 Å². The quantitative estimate of drug-likeness (QED) is 0.654. The zero-order chi connectivity index (χ0) is 9.68. The molecule has 0 fully saturated rings. The van der Waals surface area contributed by atoms with Crippen molar-refractivity contribution >= 4 is 0 Å². The van der Waals surface area contributed by atoms with Gasteiger partial charge in [0.25, 0.3) is 0 Å². The highest BCUT2D eigenvalue weighted by Gasteiger charge is 2.04. The molecule has 0 aliphatic carbocycles. The van der Waals surface area contributed by atoms with Crippen molar-refractivity contribution < 1.29 is 4.74 Å². The fourth-order valence-electron chi connectivity index (χ4n) is 1.24. The standard InChI is InChI=1S/C10H18N2O/c1-4-7-13-8-10-5-6-11-12(10)9(2)3/h5-6,9H,4,7-8H2,1-3H3. The van der Waals surface area contributed by atoms with Gasteiger partial charge in [-0.15, -0.1) is 0 Å². The van der Waals surface area contributed by atoms with Crippen LogP contribution in [0, 0.1) is 0 Å². The minimum Gasteiger partial charge on any atom is -0.375 e. The van der Waals surface area contributed by atoms with E-state index in [9.17, 15) is 0 Å². The third kappa shape index (κ3) is 2.84. The van der Waals surface area contributed by atoms with E-state index in [1.54, 1.807) is 0 Å². The molecule has 3 nitrogen and oxygen atoms in total. The minimum atomic E-state index is 0.412. The summed E-state index contributed by atoms with van der Waals surface area (Å²) in [4.78, 5) is 0. The number of ether oxygens (including phenoxy) is 1. The molecular formula is C10H18N2O. The highest BCUT2D eigenvalue weighted by Crippen LogP contribution is 2.08. The molecule has 1 rings (SSSR count). The summed E-state index contributed by atoms with van der Waals surface area (Å²) < 4.78 is 7.45. The number of rotatable bonds is 5. The summed E-state index contributed by atoms with van der Waals surface area (Å²) in [5, 5.41) is 4.23. The Hall–Kier alpha value is -0.830. The van der Waals surface area contributed by atoms with Crippen LogP contribution in [0.1, 0.15) is 38.9 Å². The average molecular weight is 182 g/mol. The Morgan fingerprint density at radius 1 is 1.54 bits per heavy atom. The molecule has 13 heavy (non-hydrogen) atoms. The molecule has 0 saturated heterocycles. The first-order valence-electron chi connectivity index (χ1n) is 4.85. The van der Waals surface area contributed by atoms with Crippen molar-refractivity contribution in [2.45, 2.75) is 39.8 Å². The van der Waals surface area contributed by atoms with Gasteiger partial charge in [-0.2, -0.15) is 5.10 Å². The molecule has 0 radical (unpaired) electrons. The SMILES string of the molecule is CCCOCc1ccnn1C(C)C. The second-order valence-corrected chi connectivity index (χ2v) is 3.41. The molecule has 74 valence electrons. The lowest BCUT2D eigenvalue weighted by Gasteiger charge is -2.10. The lowest BCUT2D eigenvalue weighted by molar-refractivity contribution is 0.114. The van der Waals surface area contributed by atoms with Gasteiger partial charge in [-0.25, -0.2) is 0 Å². The predicted octanol–water partition coefficient (Wildman–Crippen LogP) is 2.39. The Bertz CT molecular complexity index is 243. The molecule has 3 heteroatoms. The van der Waals surface area contributed by atoms with Crippen LogP contribution in [0.25, 0.3) is 0 Å². The molecule has 0 aromatic carbocycles. The molecule has 0 aliphatic rings. The third-order valence-corrected chi connectivity index (χ3v) is 1.84. The molecule has 0 atom stereocenters. The van der Waals surface area contributed by atoms with E-state index in [0.29, 0.717) is 12.6 Å². The summed E-state index contributed by atoms with van der Waals surface area (Å²) in [6, 6.07) is 2.42. The molecule has 0 spiro atoms. The Morgan fingerprint density at radius 2 is 2.31 bits per heavy atom. The zero-order valence-electron chi connectivity index (χ0n) is 8.66. The van der Waals surface area contributed by atoms with Crippen molar-refractivity contribution in [3.05, 3.63) is 18.0 Å². The molecule has 1 aromatic rings. The van der Waals surface area contributed by atoms with Crippen LogP contribution in [0.5, 0.6) is 0 Å². The second-order valence-electron chi connectivity index (χ2n) is 3.41. The van der Waals surface area contributed by atoms with Crippen molar-refractivity contribution in [1.29, 1.82) is 0 Å². The van der Waals surface area contributed by atoms with Crippen LogP contribution in [0.4, 0.5) is 0 Å². The molecular weight excluding hydrogens is 164 g/mol. The smallest absolute Gasteiger partial charge is 0.0884 e. The van der Waals surface area contributed by atoms with Gasteiger partial charge < -0.3 is 4.74 Å². The monoisotopic (exact) mass is 182 g/mol. The van der Waals surface area contributed by atoms with Gasteiger partial charge in [0.15, 0.2) is 0 Å². The van der Waals surface area contributed by atoms with Crippen LogP contribution in [0.2, 0.25) is 0 Å². The van der Waals surface area contributed by atoms with Gasteiger partial charge in [-0.3, -0.25) is 4.68 Å². The van der Waals surface area contributed by atoms with E-state index < -0.39 is 0 Å². The van der Waals surface area contributed by atoms with Crippen molar-refractivity contribution in [3.8, 4) is 0 Å². The third-order valence-electron chi connectivity index (χ3n) is 1.84. The maximum Gasteiger partial charge on any atom is 0.0884 e. The fraction of sp³-hybridized carbons (Fsp3) is 0.700. The highest BCUT2D eigenvalue weighted by atomic mass is 16.5. The van der Waals surface area contributed by atoms with E-state index in [4.69, 9.17) is 4.74 Å². The van der Waals surface area contributed by atoms with Gasteiger partial charge in [-0.05, 0) is 26.3 Å². The van der Waals surface area contributed by atoms with E-state index >= 15 is 0 Å². The van der Waals surface area contributed by atoms with Gasteiger partial charge in [0.05, 0.1) is 12.3 Å². The predicted molar refractivity (Wildman–Crippen MR) is 52.6 cm³/mol. The summed E-state index contributed by atoms with van der Waals surface area (Å²) in [5.41, 5.74) is 1.16. The normalized spacial score (nSPS) is 11.1. The highest BCUT2D eigenvalue weighted by molar-refractivity contribution is 4.99. The van der Waals surface area contributed by atoms with E-state index in [1.807, 2.05) is 16.9 Å². The molecule has 0 saturated carbocycles. The van der Waals surface area contributed by atoms with Gasteiger partial charge in [-0.1, -0.05) is 6.92 Å².